The molecule has 2 aliphatic rings. The van der Waals surface area contributed by atoms with E-state index >= 15 is 0 Å². The Morgan fingerprint density at radius 2 is 1.85 bits per heavy atom. The fourth-order valence-electron chi connectivity index (χ4n) is 2.39. The van der Waals surface area contributed by atoms with Gasteiger partial charge in [0.2, 0.25) is 5.91 Å². The topological polar surface area (TPSA) is 46.2 Å². The van der Waals surface area contributed by atoms with Crippen molar-refractivity contribution in [3.05, 3.63) is 0 Å². The van der Waals surface area contributed by atoms with Crippen LogP contribution in [0.1, 0.15) is 38.5 Å². The fourth-order valence-corrected chi connectivity index (χ4v) is 2.39. The Labute approximate surface area is 77.9 Å². The van der Waals surface area contributed by atoms with Crippen LogP contribution in [0.3, 0.4) is 0 Å². The molecule has 3 heteroatoms. The summed E-state index contributed by atoms with van der Waals surface area (Å²) in [7, 11) is 0. The number of ketones is 1. The molecule has 72 valence electrons. The normalized spacial score (nSPS) is 34.8. The van der Waals surface area contributed by atoms with Gasteiger partial charge in [-0.2, -0.15) is 0 Å². The first-order valence-electron chi connectivity index (χ1n) is 5.09. The molecular weight excluding hydrogens is 166 g/mol. The number of fused-ring (bicyclic) bond motifs is 1. The molecule has 0 bridgehead atoms. The molecule has 3 nitrogen and oxygen atoms in total. The van der Waals surface area contributed by atoms with Crippen LogP contribution in [-0.2, 0) is 9.59 Å². The van der Waals surface area contributed by atoms with Crippen molar-refractivity contribution >= 4 is 11.7 Å². The van der Waals surface area contributed by atoms with Crippen LogP contribution in [0.2, 0.25) is 0 Å². The highest BCUT2D eigenvalue weighted by Crippen LogP contribution is 2.28. The zero-order chi connectivity index (χ0) is 9.26. The minimum atomic E-state index is 0.0581. The van der Waals surface area contributed by atoms with Gasteiger partial charge in [0.15, 0.2) is 0 Å². The second kappa shape index (κ2) is 3.48. The van der Waals surface area contributed by atoms with Gasteiger partial charge in [0.25, 0.3) is 0 Å². The Bertz CT molecular complexity index is 237. The maximum atomic E-state index is 11.6. The van der Waals surface area contributed by atoms with E-state index in [1.54, 1.807) is 0 Å². The maximum Gasteiger partial charge on any atom is 0.220 e. The second-order valence-electron chi connectivity index (χ2n) is 4.03. The summed E-state index contributed by atoms with van der Waals surface area (Å²) < 4.78 is 0. The van der Waals surface area contributed by atoms with Crippen molar-refractivity contribution in [2.45, 2.75) is 44.6 Å². The third-order valence-electron chi connectivity index (χ3n) is 3.12. The van der Waals surface area contributed by atoms with Crippen LogP contribution in [0.5, 0.6) is 0 Å². The van der Waals surface area contributed by atoms with Crippen molar-refractivity contribution in [3.8, 4) is 0 Å². The largest absolute Gasteiger partial charge is 0.353 e. The smallest absolute Gasteiger partial charge is 0.220 e. The van der Waals surface area contributed by atoms with Crippen LogP contribution in [0, 0.1) is 5.92 Å². The lowest BCUT2D eigenvalue weighted by molar-refractivity contribution is -0.124. The Morgan fingerprint density at radius 3 is 2.69 bits per heavy atom. The van der Waals surface area contributed by atoms with Crippen LogP contribution in [0.4, 0.5) is 0 Å². The van der Waals surface area contributed by atoms with Crippen LogP contribution < -0.4 is 5.32 Å². The van der Waals surface area contributed by atoms with Gasteiger partial charge in [-0.25, -0.2) is 0 Å². The van der Waals surface area contributed by atoms with Gasteiger partial charge in [0, 0.05) is 24.8 Å². The molecule has 1 aliphatic heterocycles. The molecule has 13 heavy (non-hydrogen) atoms. The lowest BCUT2D eigenvalue weighted by Crippen LogP contribution is -2.42. The first-order chi connectivity index (χ1) is 6.27. The summed E-state index contributed by atoms with van der Waals surface area (Å²) in [5, 5.41) is 2.95. The summed E-state index contributed by atoms with van der Waals surface area (Å²) in [6, 6.07) is 0.149. The predicted octanol–water partition coefficient (Wildman–Crippen LogP) is 1.02. The van der Waals surface area contributed by atoms with E-state index in [4.69, 9.17) is 0 Å². The molecule has 2 rings (SSSR count). The maximum absolute atomic E-state index is 11.6. The molecule has 2 atom stereocenters. The molecule has 2 fully saturated rings. The van der Waals surface area contributed by atoms with E-state index in [2.05, 4.69) is 5.32 Å². The van der Waals surface area contributed by atoms with Gasteiger partial charge in [-0.1, -0.05) is 12.8 Å². The molecule has 1 N–H and O–H groups in total. The summed E-state index contributed by atoms with van der Waals surface area (Å²) in [4.78, 5) is 22.8. The Morgan fingerprint density at radius 1 is 1.08 bits per heavy atom. The van der Waals surface area contributed by atoms with Gasteiger partial charge in [-0.05, 0) is 12.8 Å². The molecule has 0 radical (unpaired) electrons. The first-order valence-corrected chi connectivity index (χ1v) is 5.09. The van der Waals surface area contributed by atoms with E-state index in [9.17, 15) is 9.59 Å². The highest BCUT2D eigenvalue weighted by atomic mass is 16.2. The molecule has 0 spiro atoms. The number of carbonyl (C=O) groups excluding carboxylic acids is 2. The molecule has 2 unspecified atom stereocenters. The molecule has 1 saturated heterocycles. The first kappa shape index (κ1) is 8.73. The number of amides is 1. The van der Waals surface area contributed by atoms with E-state index in [0.29, 0.717) is 18.6 Å². The highest BCUT2D eigenvalue weighted by Gasteiger charge is 2.33. The Balaban J connectivity index is 2.13. The van der Waals surface area contributed by atoms with Gasteiger partial charge >= 0.3 is 0 Å². The average molecular weight is 181 g/mol. The number of hydrogen-bond acceptors (Lipinski definition) is 2. The summed E-state index contributed by atoms with van der Waals surface area (Å²) in [6.45, 7) is 0. The van der Waals surface area contributed by atoms with E-state index in [1.807, 2.05) is 0 Å². The second-order valence-corrected chi connectivity index (χ2v) is 4.03. The van der Waals surface area contributed by atoms with Crippen molar-refractivity contribution in [1.82, 2.24) is 5.32 Å². The third-order valence-corrected chi connectivity index (χ3v) is 3.12. The number of nitrogens with one attached hydrogen (secondary N) is 1. The lowest BCUT2D eigenvalue weighted by atomic mass is 9.82. The van der Waals surface area contributed by atoms with Gasteiger partial charge in [0.1, 0.15) is 5.78 Å². The van der Waals surface area contributed by atoms with E-state index in [-0.39, 0.29) is 17.9 Å². The summed E-state index contributed by atoms with van der Waals surface area (Å²) in [6.07, 6.45) is 5.10. The van der Waals surface area contributed by atoms with E-state index in [0.717, 1.165) is 25.7 Å². The Hall–Kier alpha value is -0.860. The third kappa shape index (κ3) is 1.74. The molecule has 0 aromatic rings. The van der Waals surface area contributed by atoms with Crippen molar-refractivity contribution in [2.75, 3.05) is 0 Å². The van der Waals surface area contributed by atoms with Crippen LogP contribution in [0.25, 0.3) is 0 Å². The molecular formula is C10H15NO2. The lowest BCUT2D eigenvalue weighted by Gasteiger charge is -2.28. The number of hydrogen-bond donors (Lipinski definition) is 1. The molecule has 0 aromatic carbocycles. The molecule has 0 aromatic heterocycles. The zero-order valence-electron chi connectivity index (χ0n) is 7.71. The predicted molar refractivity (Wildman–Crippen MR) is 48.1 cm³/mol. The minimum absolute atomic E-state index is 0.0581. The van der Waals surface area contributed by atoms with Crippen LogP contribution in [0.15, 0.2) is 0 Å². The number of Topliss-reactive ketones (excluding diaryl/α,β-unsaturated/α-hetero) is 1. The van der Waals surface area contributed by atoms with Gasteiger partial charge in [-0.3, -0.25) is 9.59 Å². The SMILES string of the molecule is O=C1CCC(=O)C2CCCCC2N1. The van der Waals surface area contributed by atoms with E-state index in [1.165, 1.54) is 0 Å². The van der Waals surface area contributed by atoms with Crippen LogP contribution >= 0.6 is 0 Å². The monoisotopic (exact) mass is 181 g/mol. The molecule has 1 aliphatic carbocycles. The highest BCUT2D eigenvalue weighted by molar-refractivity contribution is 5.89. The molecule has 1 amide bonds. The number of rotatable bonds is 0. The molecule has 1 heterocycles. The standard InChI is InChI=1S/C10H15NO2/c12-9-5-6-10(13)11-8-4-2-1-3-7(8)9/h7-8H,1-6H2,(H,11,13). The average Bonchev–Trinajstić information content (AvgIpc) is 2.27. The summed E-state index contributed by atoms with van der Waals surface area (Å²) in [5.74, 6) is 0.478. The van der Waals surface area contributed by atoms with Gasteiger partial charge < -0.3 is 5.32 Å². The van der Waals surface area contributed by atoms with Crippen molar-refractivity contribution in [1.29, 1.82) is 0 Å². The quantitative estimate of drug-likeness (QED) is 0.606. The van der Waals surface area contributed by atoms with E-state index < -0.39 is 0 Å². The fraction of sp³-hybridized carbons (Fsp3) is 0.800. The summed E-state index contributed by atoms with van der Waals surface area (Å²) in [5.41, 5.74) is 0. The Kier molecular flexibility index (Phi) is 2.34. The van der Waals surface area contributed by atoms with Crippen molar-refractivity contribution in [3.63, 3.8) is 0 Å². The van der Waals surface area contributed by atoms with Crippen LogP contribution in [-0.4, -0.2) is 17.7 Å². The van der Waals surface area contributed by atoms with Gasteiger partial charge in [-0.15, -0.1) is 0 Å². The zero-order valence-corrected chi connectivity index (χ0v) is 7.71. The summed E-state index contributed by atoms with van der Waals surface area (Å²) >= 11 is 0. The van der Waals surface area contributed by atoms with Gasteiger partial charge in [0.05, 0.1) is 0 Å². The van der Waals surface area contributed by atoms with Crippen molar-refractivity contribution in [2.24, 2.45) is 5.92 Å². The molecule has 1 saturated carbocycles. The number of carbonyl (C=O) groups is 2. The van der Waals surface area contributed by atoms with Crippen molar-refractivity contribution < 1.29 is 9.59 Å². The minimum Gasteiger partial charge on any atom is -0.353 e.